The third kappa shape index (κ3) is 6.02. The van der Waals surface area contributed by atoms with E-state index in [1.807, 2.05) is 30.3 Å². The Morgan fingerprint density at radius 3 is 2.30 bits per heavy atom. The van der Waals surface area contributed by atoms with Crippen molar-refractivity contribution < 1.29 is 9.53 Å². The fraction of sp³-hybridized carbons (Fsp3) is 0.345. The number of amides is 1. The van der Waals surface area contributed by atoms with E-state index in [0.29, 0.717) is 26.3 Å². The first-order chi connectivity index (χ1) is 16.0. The lowest BCUT2D eigenvalue weighted by Crippen LogP contribution is -2.47. The Balaban J connectivity index is 1.45. The van der Waals surface area contributed by atoms with E-state index in [1.54, 1.807) is 0 Å². The Morgan fingerprint density at radius 2 is 1.58 bits per heavy atom. The normalized spacial score (nSPS) is 15.1. The number of para-hydroxylation sites is 1. The van der Waals surface area contributed by atoms with Crippen molar-refractivity contribution in [1.29, 1.82) is 0 Å². The van der Waals surface area contributed by atoms with Crippen molar-refractivity contribution in [3.05, 3.63) is 89.5 Å². The highest BCUT2D eigenvalue weighted by molar-refractivity contribution is 5.83. The molecule has 1 amide bonds. The van der Waals surface area contributed by atoms with Crippen molar-refractivity contribution in [2.75, 3.05) is 31.6 Å². The fourth-order valence-electron chi connectivity index (χ4n) is 4.77. The zero-order valence-corrected chi connectivity index (χ0v) is 19.7. The van der Waals surface area contributed by atoms with E-state index in [2.05, 4.69) is 66.9 Å². The van der Waals surface area contributed by atoms with Crippen LogP contribution in [0.1, 0.15) is 29.5 Å². The van der Waals surface area contributed by atoms with E-state index in [-0.39, 0.29) is 5.91 Å². The largest absolute Gasteiger partial charge is 0.383 e. The predicted octanol–water partition coefficient (Wildman–Crippen LogP) is 5.54. The molecule has 0 aromatic heterocycles. The number of benzene rings is 3. The molecule has 1 aliphatic rings. The second-order valence-electron chi connectivity index (χ2n) is 9.19. The van der Waals surface area contributed by atoms with E-state index >= 15 is 0 Å². The van der Waals surface area contributed by atoms with Crippen molar-refractivity contribution in [2.45, 2.75) is 33.1 Å². The van der Waals surface area contributed by atoms with Crippen LogP contribution in [0.5, 0.6) is 0 Å². The first-order valence-corrected chi connectivity index (χ1v) is 11.9. The maximum atomic E-state index is 13.4. The Labute approximate surface area is 197 Å². The Hall–Kier alpha value is -3.11. The molecular weight excluding hydrogens is 408 g/mol. The smallest absolute Gasteiger partial charge is 0.226 e. The summed E-state index contributed by atoms with van der Waals surface area (Å²) in [5, 5.41) is 6.55. The summed E-state index contributed by atoms with van der Waals surface area (Å²) < 4.78 is 5.62. The van der Waals surface area contributed by atoms with Crippen LogP contribution in [0.3, 0.4) is 0 Å². The molecule has 1 aliphatic heterocycles. The zero-order chi connectivity index (χ0) is 23.1. The van der Waals surface area contributed by atoms with Gasteiger partial charge in [-0.05, 0) is 61.9 Å². The molecule has 0 radical (unpaired) electrons. The van der Waals surface area contributed by atoms with Crippen LogP contribution in [0.2, 0.25) is 0 Å². The molecule has 3 aromatic carbocycles. The second kappa shape index (κ2) is 10.7. The van der Waals surface area contributed by atoms with E-state index in [1.165, 1.54) is 27.8 Å². The number of carbonyl (C=O) groups is 1. The van der Waals surface area contributed by atoms with Gasteiger partial charge in [-0.15, -0.1) is 0 Å². The van der Waals surface area contributed by atoms with Gasteiger partial charge >= 0.3 is 0 Å². The van der Waals surface area contributed by atoms with E-state index in [0.717, 1.165) is 24.9 Å². The van der Waals surface area contributed by atoms with Crippen LogP contribution < -0.4 is 10.6 Å². The summed E-state index contributed by atoms with van der Waals surface area (Å²) in [6.45, 7) is 6.82. The first kappa shape index (κ1) is 23.1. The highest BCUT2D eigenvalue weighted by Gasteiger charge is 2.39. The number of rotatable bonds is 8. The van der Waals surface area contributed by atoms with E-state index in [9.17, 15) is 4.79 Å². The molecule has 2 N–H and O–H groups in total. The Morgan fingerprint density at radius 1 is 0.848 bits per heavy atom. The number of hydrogen-bond acceptors (Lipinski definition) is 3. The molecule has 0 atom stereocenters. The topological polar surface area (TPSA) is 50.4 Å². The van der Waals surface area contributed by atoms with Crippen LogP contribution >= 0.6 is 0 Å². The minimum atomic E-state index is -0.424. The van der Waals surface area contributed by atoms with Crippen molar-refractivity contribution in [3.8, 4) is 11.1 Å². The maximum Gasteiger partial charge on any atom is 0.226 e. The van der Waals surface area contributed by atoms with Crippen molar-refractivity contribution in [3.63, 3.8) is 0 Å². The molecule has 4 rings (SSSR count). The molecule has 172 valence electrons. The summed E-state index contributed by atoms with van der Waals surface area (Å²) in [6.07, 6.45) is 2.23. The van der Waals surface area contributed by atoms with Gasteiger partial charge in [0.15, 0.2) is 0 Å². The lowest BCUT2D eigenvalue weighted by Gasteiger charge is -2.36. The molecule has 0 unspecified atom stereocenters. The summed E-state index contributed by atoms with van der Waals surface area (Å²) in [7, 11) is 0. The molecule has 4 heteroatoms. The number of aryl methyl sites for hydroxylation is 2. The minimum Gasteiger partial charge on any atom is -0.383 e. The van der Waals surface area contributed by atoms with Gasteiger partial charge in [0, 0.05) is 32.0 Å². The summed E-state index contributed by atoms with van der Waals surface area (Å²) >= 11 is 0. The lowest BCUT2D eigenvalue weighted by atomic mass is 9.74. The van der Waals surface area contributed by atoms with Gasteiger partial charge in [0.05, 0.1) is 5.41 Å². The molecule has 3 aromatic rings. The number of anilines is 1. The number of carbonyl (C=O) groups excluding carboxylic acids is 1. The Kier molecular flexibility index (Phi) is 7.46. The average molecular weight is 443 g/mol. The predicted molar refractivity (Wildman–Crippen MR) is 135 cm³/mol. The van der Waals surface area contributed by atoms with E-state index in [4.69, 9.17) is 4.74 Å². The summed E-state index contributed by atoms with van der Waals surface area (Å²) in [5.41, 5.74) is 6.80. The molecule has 1 heterocycles. The molecule has 33 heavy (non-hydrogen) atoms. The van der Waals surface area contributed by atoms with Crippen LogP contribution in [-0.2, 0) is 16.0 Å². The van der Waals surface area contributed by atoms with Crippen LogP contribution in [0.25, 0.3) is 11.1 Å². The van der Waals surface area contributed by atoms with Gasteiger partial charge in [0.2, 0.25) is 5.91 Å². The van der Waals surface area contributed by atoms with Crippen LogP contribution in [0.4, 0.5) is 5.69 Å². The molecule has 0 spiro atoms. The molecule has 1 fully saturated rings. The van der Waals surface area contributed by atoms with E-state index < -0.39 is 5.41 Å². The summed E-state index contributed by atoms with van der Waals surface area (Å²) in [5.74, 6) is 0.137. The fourth-order valence-corrected chi connectivity index (χ4v) is 4.77. The SMILES string of the molecule is Cc1cc(C)cc(-c2cccc(CC3(C(=O)NCCNc4ccccc4)CCOCC3)c2)c1. The summed E-state index contributed by atoms with van der Waals surface area (Å²) in [4.78, 5) is 13.4. The monoisotopic (exact) mass is 442 g/mol. The molecule has 0 bridgehead atoms. The molecule has 0 aliphatic carbocycles. The van der Waals surface area contributed by atoms with Gasteiger partial charge in [0.25, 0.3) is 0 Å². The van der Waals surface area contributed by atoms with Gasteiger partial charge in [-0.2, -0.15) is 0 Å². The average Bonchev–Trinajstić information content (AvgIpc) is 2.82. The lowest BCUT2D eigenvalue weighted by molar-refractivity contribution is -0.136. The van der Waals surface area contributed by atoms with Gasteiger partial charge in [-0.3, -0.25) is 4.79 Å². The van der Waals surface area contributed by atoms with Crippen LogP contribution in [-0.4, -0.2) is 32.2 Å². The van der Waals surface area contributed by atoms with Crippen LogP contribution in [0.15, 0.2) is 72.8 Å². The number of ether oxygens (including phenoxy) is 1. The number of hydrogen-bond donors (Lipinski definition) is 2. The molecule has 4 nitrogen and oxygen atoms in total. The molecule has 0 saturated carbocycles. The maximum absolute atomic E-state index is 13.4. The van der Waals surface area contributed by atoms with Crippen molar-refractivity contribution >= 4 is 11.6 Å². The van der Waals surface area contributed by atoms with Gasteiger partial charge in [-0.1, -0.05) is 71.8 Å². The van der Waals surface area contributed by atoms with Gasteiger partial charge in [0.1, 0.15) is 0 Å². The second-order valence-corrected chi connectivity index (χ2v) is 9.19. The third-order valence-corrected chi connectivity index (χ3v) is 6.47. The number of nitrogens with one attached hydrogen (secondary N) is 2. The third-order valence-electron chi connectivity index (χ3n) is 6.47. The standard InChI is InChI=1S/C29H34N2O2/c1-22-17-23(2)19-26(18-22)25-8-6-7-24(20-25)21-29(11-15-33-16-12-29)28(32)31-14-13-30-27-9-4-3-5-10-27/h3-10,17-20,30H,11-16,21H2,1-2H3,(H,31,32). The Bertz CT molecular complexity index is 1050. The highest BCUT2D eigenvalue weighted by atomic mass is 16.5. The van der Waals surface area contributed by atoms with Crippen LogP contribution in [0, 0.1) is 19.3 Å². The highest BCUT2D eigenvalue weighted by Crippen LogP contribution is 2.36. The minimum absolute atomic E-state index is 0.137. The first-order valence-electron chi connectivity index (χ1n) is 11.9. The van der Waals surface area contributed by atoms with Crippen molar-refractivity contribution in [1.82, 2.24) is 5.32 Å². The van der Waals surface area contributed by atoms with Gasteiger partial charge < -0.3 is 15.4 Å². The quantitative estimate of drug-likeness (QED) is 0.451. The zero-order valence-electron chi connectivity index (χ0n) is 19.7. The van der Waals surface area contributed by atoms with Crippen molar-refractivity contribution in [2.24, 2.45) is 5.41 Å². The van der Waals surface area contributed by atoms with Gasteiger partial charge in [-0.25, -0.2) is 0 Å². The molecular formula is C29H34N2O2. The molecule has 1 saturated heterocycles. The summed E-state index contributed by atoms with van der Waals surface area (Å²) in [6, 6.07) is 25.4.